The van der Waals surface area contributed by atoms with Crippen LogP contribution in [0.15, 0.2) is 84.9 Å². The van der Waals surface area contributed by atoms with Crippen molar-refractivity contribution in [2.75, 3.05) is 18.1 Å². The van der Waals surface area contributed by atoms with Crippen LogP contribution in [0.2, 0.25) is 0 Å². The number of halogens is 8. The summed E-state index contributed by atoms with van der Waals surface area (Å²) in [5.74, 6) is -13.1. The largest absolute Gasteiger partial charge is 0.477 e. The van der Waals surface area contributed by atoms with Crippen molar-refractivity contribution in [2.45, 2.75) is 38.0 Å². The molecule has 3 unspecified atom stereocenters. The molecule has 1 aliphatic rings. The normalized spacial score (nSPS) is 16.0. The third-order valence-corrected chi connectivity index (χ3v) is 8.85. The van der Waals surface area contributed by atoms with Crippen molar-refractivity contribution in [3.8, 4) is 11.4 Å². The first-order valence-corrected chi connectivity index (χ1v) is 16.6. The molecule has 0 bridgehead atoms. The number of para-hydroxylation sites is 1. The van der Waals surface area contributed by atoms with E-state index in [1.807, 2.05) is 0 Å². The molecule has 0 radical (unpaired) electrons. The number of alkyl halides is 3. The lowest BCUT2D eigenvalue weighted by Crippen LogP contribution is -2.55. The van der Waals surface area contributed by atoms with Crippen molar-refractivity contribution >= 4 is 23.5 Å². The third-order valence-electron chi connectivity index (χ3n) is 8.85. The van der Waals surface area contributed by atoms with Crippen molar-refractivity contribution in [1.29, 1.82) is 0 Å². The number of ether oxygens (including phenoxy) is 1. The van der Waals surface area contributed by atoms with Gasteiger partial charge in [-0.25, -0.2) is 17.9 Å². The number of aromatic nitrogens is 2. The van der Waals surface area contributed by atoms with Gasteiger partial charge in [-0.15, -0.1) is 0 Å². The van der Waals surface area contributed by atoms with Crippen molar-refractivity contribution < 1.29 is 54.2 Å². The van der Waals surface area contributed by atoms with Gasteiger partial charge in [0.05, 0.1) is 23.0 Å². The van der Waals surface area contributed by atoms with Gasteiger partial charge in [-0.2, -0.15) is 27.1 Å². The molecule has 0 saturated heterocycles. The van der Waals surface area contributed by atoms with Gasteiger partial charge in [0.2, 0.25) is 11.6 Å². The molecule has 0 aliphatic carbocycles. The Morgan fingerprint density at radius 2 is 1.55 bits per heavy atom. The SMILES string of the molecule is CCN1C(=O)C(NC(=O)c2cccc(C(F)(F)F)c2)C(c2ccc(F)cc2)c2c(C(C)NC(=O)COc3c(F)c(F)cc(F)c3F)nn(-c3ccccc3)c21. The van der Waals surface area contributed by atoms with E-state index in [0.717, 1.165) is 30.3 Å². The Morgan fingerprint density at radius 3 is 2.16 bits per heavy atom. The van der Waals surface area contributed by atoms with Crippen molar-refractivity contribution in [1.82, 2.24) is 20.4 Å². The molecule has 2 N–H and O–H groups in total. The number of carbonyl (C=O) groups excluding carboxylic acids is 3. The van der Waals surface area contributed by atoms with E-state index in [4.69, 9.17) is 9.84 Å². The molecule has 2 heterocycles. The number of anilines is 1. The minimum atomic E-state index is -4.77. The fourth-order valence-corrected chi connectivity index (χ4v) is 6.35. The van der Waals surface area contributed by atoms with Gasteiger partial charge in [0.1, 0.15) is 17.7 Å². The van der Waals surface area contributed by atoms with Crippen molar-refractivity contribution in [3.63, 3.8) is 0 Å². The van der Waals surface area contributed by atoms with Crippen LogP contribution in [-0.2, 0) is 15.8 Å². The minimum absolute atomic E-state index is 0.00816. The van der Waals surface area contributed by atoms with Crippen LogP contribution in [0.3, 0.4) is 0 Å². The van der Waals surface area contributed by atoms with Gasteiger partial charge >= 0.3 is 6.18 Å². The lowest BCUT2D eigenvalue weighted by molar-refractivity contribution is -0.137. The average molecular weight is 772 g/mol. The molecule has 1 aromatic heterocycles. The lowest BCUT2D eigenvalue weighted by atomic mass is 9.80. The van der Waals surface area contributed by atoms with Crippen LogP contribution >= 0.6 is 0 Å². The highest BCUT2D eigenvalue weighted by Crippen LogP contribution is 2.45. The number of hydrogen-bond acceptors (Lipinski definition) is 5. The Morgan fingerprint density at radius 1 is 0.891 bits per heavy atom. The summed E-state index contributed by atoms with van der Waals surface area (Å²) in [7, 11) is 0. The smallest absolute Gasteiger partial charge is 0.416 e. The summed E-state index contributed by atoms with van der Waals surface area (Å²) in [4.78, 5) is 42.5. The first kappa shape index (κ1) is 38.5. The number of carbonyl (C=O) groups is 3. The van der Waals surface area contributed by atoms with E-state index in [-0.39, 0.29) is 35.2 Å². The maximum atomic E-state index is 14.4. The van der Waals surface area contributed by atoms with Gasteiger partial charge in [-0.05, 0) is 61.9 Å². The second kappa shape index (κ2) is 15.2. The summed E-state index contributed by atoms with van der Waals surface area (Å²) in [5, 5.41) is 9.88. The van der Waals surface area contributed by atoms with Gasteiger partial charge < -0.3 is 15.4 Å². The van der Waals surface area contributed by atoms with E-state index < -0.39 is 94.5 Å². The molecule has 5 aromatic rings. The fourth-order valence-electron chi connectivity index (χ4n) is 6.35. The Bertz CT molecular complexity index is 2240. The predicted octanol–water partition coefficient (Wildman–Crippen LogP) is 7.14. The summed E-state index contributed by atoms with van der Waals surface area (Å²) in [6.07, 6.45) is -4.77. The zero-order valence-electron chi connectivity index (χ0n) is 28.7. The number of nitrogens with one attached hydrogen (secondary N) is 2. The van der Waals surface area contributed by atoms with Gasteiger partial charge in [0.25, 0.3) is 17.7 Å². The number of benzene rings is 4. The Kier molecular flexibility index (Phi) is 10.7. The molecule has 3 atom stereocenters. The maximum absolute atomic E-state index is 14.4. The average Bonchev–Trinajstić information content (AvgIpc) is 3.55. The fraction of sp³-hybridized carbons (Fsp3) is 0.211. The molecular weight excluding hydrogens is 742 g/mol. The molecule has 4 aromatic carbocycles. The molecular formula is C38H29F8N5O4. The van der Waals surface area contributed by atoms with Crippen LogP contribution in [0.4, 0.5) is 40.9 Å². The highest BCUT2D eigenvalue weighted by atomic mass is 19.4. The van der Waals surface area contributed by atoms with Crippen LogP contribution < -0.4 is 20.3 Å². The summed E-state index contributed by atoms with van der Waals surface area (Å²) < 4.78 is 117. The number of likely N-dealkylation sites (N-methyl/N-ethyl adjacent to an activating group) is 1. The van der Waals surface area contributed by atoms with Crippen LogP contribution in [0.25, 0.3) is 5.69 Å². The number of hydrogen-bond donors (Lipinski definition) is 2. The molecule has 9 nitrogen and oxygen atoms in total. The second-order valence-electron chi connectivity index (χ2n) is 12.4. The van der Waals surface area contributed by atoms with Gasteiger partial charge in [0, 0.05) is 29.7 Å². The Hall–Kier alpha value is -6.26. The Balaban J connectivity index is 1.45. The molecule has 0 saturated carbocycles. The molecule has 286 valence electrons. The van der Waals surface area contributed by atoms with Gasteiger partial charge in [0.15, 0.2) is 24.0 Å². The van der Waals surface area contributed by atoms with Crippen LogP contribution in [0.5, 0.6) is 5.75 Å². The van der Waals surface area contributed by atoms with E-state index in [1.165, 1.54) is 28.6 Å². The molecule has 55 heavy (non-hydrogen) atoms. The number of nitrogens with zero attached hydrogens (tertiary/aromatic N) is 3. The summed E-state index contributed by atoms with van der Waals surface area (Å²) in [5.41, 5.74) is -0.460. The monoisotopic (exact) mass is 771 g/mol. The maximum Gasteiger partial charge on any atom is 0.416 e. The van der Waals surface area contributed by atoms with Crippen LogP contribution in [0.1, 0.15) is 58.5 Å². The zero-order valence-corrected chi connectivity index (χ0v) is 28.7. The third kappa shape index (κ3) is 7.59. The highest BCUT2D eigenvalue weighted by Gasteiger charge is 2.47. The lowest BCUT2D eigenvalue weighted by Gasteiger charge is -2.39. The second-order valence-corrected chi connectivity index (χ2v) is 12.4. The Labute approximate surface area is 307 Å². The number of amides is 3. The van der Waals surface area contributed by atoms with E-state index in [1.54, 1.807) is 37.3 Å². The molecule has 0 fully saturated rings. The quantitative estimate of drug-likeness (QED) is 0.116. The molecule has 1 aliphatic heterocycles. The number of fused-ring (bicyclic) bond motifs is 1. The zero-order chi connectivity index (χ0) is 39.8. The first-order chi connectivity index (χ1) is 26.1. The standard InChI is InChI=1S/C38H29F8N5O4/c1-3-50-36-29(28(20-12-14-23(39)15-13-20)33(37(50)54)48-35(53)21-8-7-9-22(16-21)38(44,45)46)32(49-51(36)24-10-5-4-6-11-24)19(2)47-27(52)18-55-34-30(42)25(40)17-26(41)31(34)43/h4-17,19,28,33H,3,18H2,1-2H3,(H,47,52)(H,48,53). The first-order valence-electron chi connectivity index (χ1n) is 16.6. The highest BCUT2D eigenvalue weighted by molar-refractivity contribution is 6.05. The van der Waals surface area contributed by atoms with E-state index in [2.05, 4.69) is 10.6 Å². The van der Waals surface area contributed by atoms with E-state index in [0.29, 0.717) is 11.8 Å². The summed E-state index contributed by atoms with van der Waals surface area (Å²) >= 11 is 0. The van der Waals surface area contributed by atoms with Crippen molar-refractivity contribution in [2.24, 2.45) is 0 Å². The van der Waals surface area contributed by atoms with E-state index in [9.17, 15) is 49.5 Å². The van der Waals surface area contributed by atoms with Gasteiger partial charge in [-0.1, -0.05) is 36.4 Å². The van der Waals surface area contributed by atoms with E-state index >= 15 is 0 Å². The molecule has 17 heteroatoms. The molecule has 0 spiro atoms. The molecule has 3 amide bonds. The van der Waals surface area contributed by atoms with Crippen LogP contribution in [0, 0.1) is 29.1 Å². The minimum Gasteiger partial charge on any atom is -0.477 e. The molecule has 6 rings (SSSR count). The summed E-state index contributed by atoms with van der Waals surface area (Å²) in [6.45, 7) is 1.97. The van der Waals surface area contributed by atoms with Crippen LogP contribution in [-0.4, -0.2) is 46.7 Å². The van der Waals surface area contributed by atoms with Crippen molar-refractivity contribution in [3.05, 3.63) is 142 Å². The van der Waals surface area contributed by atoms with Gasteiger partial charge in [-0.3, -0.25) is 19.3 Å². The predicted molar refractivity (Wildman–Crippen MR) is 181 cm³/mol. The topological polar surface area (TPSA) is 106 Å². The summed E-state index contributed by atoms with van der Waals surface area (Å²) in [6, 6.07) is 14.3. The number of rotatable bonds is 10.